The van der Waals surface area contributed by atoms with Crippen molar-refractivity contribution >= 4 is 11.9 Å². The second-order valence-corrected chi connectivity index (χ2v) is 4.55. The van der Waals surface area contributed by atoms with Crippen LogP contribution >= 0.6 is 0 Å². The topological polar surface area (TPSA) is 97.1 Å². The lowest BCUT2D eigenvalue weighted by molar-refractivity contribution is -0.147. The van der Waals surface area contributed by atoms with Crippen molar-refractivity contribution in [2.75, 3.05) is 0 Å². The second-order valence-electron chi connectivity index (χ2n) is 4.55. The van der Waals surface area contributed by atoms with Gasteiger partial charge in [0, 0.05) is 6.42 Å². The van der Waals surface area contributed by atoms with Crippen molar-refractivity contribution < 1.29 is 14.7 Å². The molecule has 0 radical (unpaired) electrons. The van der Waals surface area contributed by atoms with Crippen LogP contribution in [0.3, 0.4) is 0 Å². The summed E-state index contributed by atoms with van der Waals surface area (Å²) in [6.07, 6.45) is 5.84. The third-order valence-electron chi connectivity index (χ3n) is 3.28. The number of rotatable bonds is 5. The average molecular weight is 252 g/mol. The van der Waals surface area contributed by atoms with Gasteiger partial charge in [-0.3, -0.25) is 9.48 Å². The Kier molecular flexibility index (Phi) is 3.59. The molecule has 1 fully saturated rings. The summed E-state index contributed by atoms with van der Waals surface area (Å²) in [5.41, 5.74) is -1.06. The third-order valence-corrected chi connectivity index (χ3v) is 3.28. The lowest BCUT2D eigenvalue weighted by Gasteiger charge is -2.25. The average Bonchev–Trinajstić information content (AvgIpc) is 2.97. The molecule has 0 aliphatic heterocycles. The number of hydrogen-bond acceptors (Lipinski definition) is 4. The van der Waals surface area contributed by atoms with Gasteiger partial charge in [0.15, 0.2) is 0 Å². The molecule has 1 aliphatic carbocycles. The van der Waals surface area contributed by atoms with Crippen molar-refractivity contribution in [3.05, 3.63) is 12.7 Å². The number of nitrogens with zero attached hydrogens (tertiary/aromatic N) is 3. The van der Waals surface area contributed by atoms with E-state index in [-0.39, 0.29) is 12.3 Å². The molecule has 0 spiro atoms. The molecule has 1 aromatic heterocycles. The zero-order valence-corrected chi connectivity index (χ0v) is 10.0. The Morgan fingerprint density at radius 1 is 1.39 bits per heavy atom. The van der Waals surface area contributed by atoms with E-state index in [1.165, 1.54) is 12.7 Å². The minimum atomic E-state index is -1.06. The predicted octanol–water partition coefficient (Wildman–Crippen LogP) is 0.182. The third kappa shape index (κ3) is 2.66. The number of amides is 1. The molecule has 0 saturated heterocycles. The predicted molar refractivity (Wildman–Crippen MR) is 61.6 cm³/mol. The van der Waals surface area contributed by atoms with Crippen LogP contribution in [-0.4, -0.2) is 37.3 Å². The maximum Gasteiger partial charge on any atom is 0.329 e. The maximum absolute atomic E-state index is 11.8. The molecule has 1 aliphatic rings. The van der Waals surface area contributed by atoms with Crippen molar-refractivity contribution in [1.29, 1.82) is 0 Å². The number of aromatic nitrogens is 3. The highest BCUT2D eigenvalue weighted by atomic mass is 16.4. The Morgan fingerprint density at radius 3 is 2.67 bits per heavy atom. The summed E-state index contributed by atoms with van der Waals surface area (Å²) in [5, 5.41) is 15.8. The van der Waals surface area contributed by atoms with Crippen LogP contribution in [0.2, 0.25) is 0 Å². The molecule has 98 valence electrons. The van der Waals surface area contributed by atoms with E-state index in [0.717, 1.165) is 12.8 Å². The zero-order chi connectivity index (χ0) is 13.0. The van der Waals surface area contributed by atoms with Crippen LogP contribution in [0.25, 0.3) is 0 Å². The number of carboxylic acids is 1. The van der Waals surface area contributed by atoms with Gasteiger partial charge in [-0.05, 0) is 12.8 Å². The molecule has 7 heteroatoms. The van der Waals surface area contributed by atoms with E-state index in [9.17, 15) is 14.7 Å². The van der Waals surface area contributed by atoms with Gasteiger partial charge in [-0.1, -0.05) is 12.8 Å². The number of aryl methyl sites for hydroxylation is 1. The van der Waals surface area contributed by atoms with Crippen molar-refractivity contribution in [2.24, 2.45) is 0 Å². The van der Waals surface area contributed by atoms with Crippen molar-refractivity contribution in [3.63, 3.8) is 0 Å². The van der Waals surface area contributed by atoms with Crippen LogP contribution in [0.5, 0.6) is 0 Å². The summed E-state index contributed by atoms with van der Waals surface area (Å²) in [6.45, 7) is 0.404. The molecule has 1 saturated carbocycles. The smallest absolute Gasteiger partial charge is 0.329 e. The summed E-state index contributed by atoms with van der Waals surface area (Å²) < 4.78 is 1.54. The van der Waals surface area contributed by atoms with Crippen LogP contribution in [0, 0.1) is 0 Å². The summed E-state index contributed by atoms with van der Waals surface area (Å²) in [7, 11) is 0. The molecule has 2 rings (SSSR count). The fraction of sp³-hybridized carbons (Fsp3) is 0.636. The van der Waals surface area contributed by atoms with Gasteiger partial charge in [0.05, 0.1) is 6.54 Å². The van der Waals surface area contributed by atoms with Crippen LogP contribution < -0.4 is 5.32 Å². The highest BCUT2D eigenvalue weighted by molar-refractivity contribution is 5.87. The number of nitrogens with one attached hydrogen (secondary N) is 1. The Balaban J connectivity index is 1.88. The number of carboxylic acid groups (broad SMARTS) is 1. The highest BCUT2D eigenvalue weighted by Gasteiger charge is 2.42. The van der Waals surface area contributed by atoms with Gasteiger partial charge in [0.1, 0.15) is 18.2 Å². The normalized spacial score (nSPS) is 17.6. The summed E-state index contributed by atoms with van der Waals surface area (Å²) >= 11 is 0. The Bertz CT molecular complexity index is 424. The molecule has 0 atom stereocenters. The van der Waals surface area contributed by atoms with Gasteiger partial charge in [-0.15, -0.1) is 0 Å². The standard InChI is InChI=1S/C11H16N4O3/c16-9(3-6-15-8-12-7-13-15)14-11(10(17)18)4-1-2-5-11/h7-8H,1-6H2,(H,14,16)(H,17,18). The van der Waals surface area contributed by atoms with Crippen LogP contribution in [0.1, 0.15) is 32.1 Å². The van der Waals surface area contributed by atoms with Crippen molar-refractivity contribution in [1.82, 2.24) is 20.1 Å². The molecule has 0 bridgehead atoms. The first kappa shape index (κ1) is 12.5. The first-order valence-corrected chi connectivity index (χ1v) is 5.99. The lowest BCUT2D eigenvalue weighted by Crippen LogP contribution is -2.52. The highest BCUT2D eigenvalue weighted by Crippen LogP contribution is 2.29. The fourth-order valence-corrected chi connectivity index (χ4v) is 2.26. The quantitative estimate of drug-likeness (QED) is 0.779. The molecule has 0 aromatic carbocycles. The molecule has 1 amide bonds. The molecule has 2 N–H and O–H groups in total. The number of carbonyl (C=O) groups is 2. The molecule has 0 unspecified atom stereocenters. The van der Waals surface area contributed by atoms with E-state index < -0.39 is 11.5 Å². The molecule has 7 nitrogen and oxygen atoms in total. The van der Waals surface area contributed by atoms with E-state index in [4.69, 9.17) is 0 Å². The minimum absolute atomic E-state index is 0.207. The van der Waals surface area contributed by atoms with E-state index in [1.54, 1.807) is 4.68 Å². The van der Waals surface area contributed by atoms with Crippen molar-refractivity contribution in [2.45, 2.75) is 44.2 Å². The Hall–Kier alpha value is -1.92. The second kappa shape index (κ2) is 5.16. The summed E-state index contributed by atoms with van der Waals surface area (Å²) in [5.74, 6) is -1.19. The van der Waals surface area contributed by atoms with E-state index in [2.05, 4.69) is 15.4 Å². The fourth-order valence-electron chi connectivity index (χ4n) is 2.26. The SMILES string of the molecule is O=C(CCn1cncn1)NC1(C(=O)O)CCCC1. The van der Waals surface area contributed by atoms with Gasteiger partial charge in [-0.2, -0.15) is 5.10 Å². The monoisotopic (exact) mass is 252 g/mol. The summed E-state index contributed by atoms with van der Waals surface area (Å²) in [6, 6.07) is 0. The Labute approximate surface area is 104 Å². The van der Waals surface area contributed by atoms with E-state index >= 15 is 0 Å². The number of hydrogen-bond donors (Lipinski definition) is 2. The minimum Gasteiger partial charge on any atom is -0.480 e. The maximum atomic E-state index is 11.8. The van der Waals surface area contributed by atoms with Gasteiger partial charge >= 0.3 is 5.97 Å². The summed E-state index contributed by atoms with van der Waals surface area (Å²) in [4.78, 5) is 26.8. The van der Waals surface area contributed by atoms with Gasteiger partial charge in [-0.25, -0.2) is 9.78 Å². The van der Waals surface area contributed by atoms with Gasteiger partial charge < -0.3 is 10.4 Å². The Morgan fingerprint density at radius 2 is 2.11 bits per heavy atom. The number of carbonyl (C=O) groups excluding carboxylic acids is 1. The van der Waals surface area contributed by atoms with Crippen LogP contribution in [0.4, 0.5) is 0 Å². The van der Waals surface area contributed by atoms with E-state index in [0.29, 0.717) is 19.4 Å². The van der Waals surface area contributed by atoms with E-state index in [1.807, 2.05) is 0 Å². The largest absolute Gasteiger partial charge is 0.480 e. The van der Waals surface area contributed by atoms with Crippen LogP contribution in [-0.2, 0) is 16.1 Å². The lowest BCUT2D eigenvalue weighted by atomic mass is 9.97. The molecular weight excluding hydrogens is 236 g/mol. The zero-order valence-electron chi connectivity index (χ0n) is 10.0. The van der Waals surface area contributed by atoms with Gasteiger partial charge in [0.25, 0.3) is 0 Å². The van der Waals surface area contributed by atoms with Crippen LogP contribution in [0.15, 0.2) is 12.7 Å². The van der Waals surface area contributed by atoms with Gasteiger partial charge in [0.2, 0.25) is 5.91 Å². The molecule has 1 heterocycles. The molecule has 18 heavy (non-hydrogen) atoms. The number of aliphatic carboxylic acids is 1. The first-order valence-electron chi connectivity index (χ1n) is 5.99. The molecule has 1 aromatic rings. The van der Waals surface area contributed by atoms with Crippen molar-refractivity contribution in [3.8, 4) is 0 Å². The molecular formula is C11H16N4O3. The first-order chi connectivity index (χ1) is 8.62.